The largest absolute Gasteiger partial charge is 0.481 e. The van der Waals surface area contributed by atoms with Gasteiger partial charge in [0.2, 0.25) is 0 Å². The average molecular weight is 399 g/mol. The second kappa shape index (κ2) is 12.3. The lowest BCUT2D eigenvalue weighted by atomic mass is 9.80. The number of hydrogen-bond donors (Lipinski definition) is 3. The van der Waals surface area contributed by atoms with Gasteiger partial charge in [-0.2, -0.15) is 0 Å². The first-order chi connectivity index (χ1) is 13.2. The summed E-state index contributed by atoms with van der Waals surface area (Å²) in [6, 6.07) is 0. The molecule has 0 aromatic carbocycles. The Morgan fingerprint density at radius 1 is 1.25 bits per heavy atom. The lowest BCUT2D eigenvalue weighted by molar-refractivity contribution is -0.287. The van der Waals surface area contributed by atoms with Gasteiger partial charge in [-0.05, 0) is 24.7 Å². The highest BCUT2D eigenvalue weighted by atomic mass is 17.1. The molecule has 6 nitrogen and oxygen atoms in total. The van der Waals surface area contributed by atoms with E-state index in [1.54, 1.807) is 6.08 Å². The van der Waals surface area contributed by atoms with E-state index in [0.29, 0.717) is 12.8 Å². The number of aliphatic carboxylic acids is 1. The van der Waals surface area contributed by atoms with Crippen LogP contribution in [0, 0.1) is 17.3 Å². The van der Waals surface area contributed by atoms with Crippen LogP contribution < -0.4 is 0 Å². The number of carboxylic acids is 1. The van der Waals surface area contributed by atoms with Crippen molar-refractivity contribution >= 4 is 11.8 Å². The fourth-order valence-corrected chi connectivity index (χ4v) is 4.03. The maximum absolute atomic E-state index is 12.3. The number of hydrogen-bond acceptors (Lipinski definition) is 5. The first-order valence-corrected chi connectivity index (χ1v) is 10.6. The first-order valence-electron chi connectivity index (χ1n) is 10.6. The van der Waals surface area contributed by atoms with Gasteiger partial charge in [0.15, 0.2) is 0 Å². The number of Topliss-reactive ketones (excluding diaryl/α,β-unsaturated/α-hetero) is 1. The second-order valence-corrected chi connectivity index (χ2v) is 8.77. The molecular formula is C22H38O6. The minimum Gasteiger partial charge on any atom is -0.481 e. The Kier molecular flexibility index (Phi) is 10.9. The van der Waals surface area contributed by atoms with Crippen LogP contribution in [0.25, 0.3) is 0 Å². The summed E-state index contributed by atoms with van der Waals surface area (Å²) < 4.78 is 0. The molecular weight excluding hydrogens is 360 g/mol. The maximum atomic E-state index is 12.3. The van der Waals surface area contributed by atoms with Gasteiger partial charge in [0.1, 0.15) is 11.9 Å². The Hall–Kier alpha value is -1.24. The molecule has 1 rings (SSSR count). The number of carboxylic acid groups (broad SMARTS) is 1. The molecule has 0 aromatic rings. The van der Waals surface area contributed by atoms with E-state index >= 15 is 0 Å². The van der Waals surface area contributed by atoms with Gasteiger partial charge in [-0.15, -0.1) is 0 Å². The SMILES string of the molecule is CCCCC(C)(C)C(/C=C/[C@H]1[C@H](O)CC(=O)[C@@H]1CCCCCCC(=O)O)OO. The summed E-state index contributed by atoms with van der Waals surface area (Å²) in [6.45, 7) is 6.20. The molecule has 28 heavy (non-hydrogen) atoms. The van der Waals surface area contributed by atoms with Gasteiger partial charge in [0, 0.05) is 24.7 Å². The van der Waals surface area contributed by atoms with E-state index in [9.17, 15) is 20.0 Å². The van der Waals surface area contributed by atoms with E-state index in [1.165, 1.54) is 0 Å². The Morgan fingerprint density at radius 3 is 2.54 bits per heavy atom. The minimum absolute atomic E-state index is 0.0828. The van der Waals surface area contributed by atoms with Crippen LogP contribution in [-0.2, 0) is 14.5 Å². The number of ketones is 1. The molecule has 4 atom stereocenters. The average Bonchev–Trinajstić information content (AvgIpc) is 2.89. The first kappa shape index (κ1) is 24.8. The molecule has 0 amide bonds. The van der Waals surface area contributed by atoms with Crippen LogP contribution in [0.4, 0.5) is 0 Å². The summed E-state index contributed by atoms with van der Waals surface area (Å²) in [5, 5.41) is 28.3. The Morgan fingerprint density at radius 2 is 1.93 bits per heavy atom. The highest BCUT2D eigenvalue weighted by molar-refractivity contribution is 5.84. The lowest BCUT2D eigenvalue weighted by Gasteiger charge is -2.30. The van der Waals surface area contributed by atoms with Crippen molar-refractivity contribution in [3.05, 3.63) is 12.2 Å². The van der Waals surface area contributed by atoms with Crippen molar-refractivity contribution in [1.82, 2.24) is 0 Å². The highest BCUT2D eigenvalue weighted by Gasteiger charge is 2.40. The van der Waals surface area contributed by atoms with Crippen molar-refractivity contribution in [1.29, 1.82) is 0 Å². The molecule has 0 heterocycles. The molecule has 0 aromatic heterocycles. The third-order valence-electron chi connectivity index (χ3n) is 5.96. The number of rotatable bonds is 14. The molecule has 1 fully saturated rings. The second-order valence-electron chi connectivity index (χ2n) is 8.77. The van der Waals surface area contributed by atoms with Gasteiger partial charge in [-0.3, -0.25) is 14.8 Å². The van der Waals surface area contributed by atoms with Crippen LogP contribution in [0.15, 0.2) is 12.2 Å². The third kappa shape index (κ3) is 8.02. The van der Waals surface area contributed by atoms with Crippen LogP contribution in [0.1, 0.15) is 85.0 Å². The smallest absolute Gasteiger partial charge is 0.303 e. The van der Waals surface area contributed by atoms with Crippen molar-refractivity contribution < 1.29 is 29.9 Å². The normalized spacial score (nSPS) is 24.2. The molecule has 1 aliphatic rings. The topological polar surface area (TPSA) is 104 Å². The third-order valence-corrected chi connectivity index (χ3v) is 5.96. The molecule has 0 aliphatic heterocycles. The molecule has 1 aliphatic carbocycles. The summed E-state index contributed by atoms with van der Waals surface area (Å²) in [6.07, 6.45) is 9.73. The minimum atomic E-state index is -0.776. The van der Waals surface area contributed by atoms with Gasteiger partial charge in [0.05, 0.1) is 6.10 Å². The number of unbranched alkanes of at least 4 members (excludes halogenated alkanes) is 4. The Labute approximate surface area is 168 Å². The maximum Gasteiger partial charge on any atom is 0.303 e. The van der Waals surface area contributed by atoms with Gasteiger partial charge in [0.25, 0.3) is 0 Å². The zero-order chi connectivity index (χ0) is 21.2. The standard InChI is InChI=1S/C22H38O6/c1-4-5-14-22(2,3)20(28-27)13-12-17-16(18(23)15-19(17)24)10-8-6-7-9-11-21(25)26/h12-13,16-17,19-20,24,27H,4-11,14-15H2,1-3H3,(H,25,26)/b13-12+/t16-,17-,19-,20?/m1/s1. The molecule has 0 radical (unpaired) electrons. The molecule has 1 saturated carbocycles. The molecule has 1 unspecified atom stereocenters. The molecule has 6 heteroatoms. The summed E-state index contributed by atoms with van der Waals surface area (Å²) in [4.78, 5) is 27.6. The van der Waals surface area contributed by atoms with E-state index in [1.807, 2.05) is 19.9 Å². The summed E-state index contributed by atoms with van der Waals surface area (Å²) in [7, 11) is 0. The lowest BCUT2D eigenvalue weighted by Crippen LogP contribution is -2.30. The van der Waals surface area contributed by atoms with Crippen LogP contribution >= 0.6 is 0 Å². The van der Waals surface area contributed by atoms with Crippen LogP contribution in [0.3, 0.4) is 0 Å². The molecule has 0 bridgehead atoms. The van der Waals surface area contributed by atoms with E-state index < -0.39 is 18.2 Å². The summed E-state index contributed by atoms with van der Waals surface area (Å²) >= 11 is 0. The fraction of sp³-hybridized carbons (Fsp3) is 0.818. The zero-order valence-corrected chi connectivity index (χ0v) is 17.6. The molecule has 0 spiro atoms. The van der Waals surface area contributed by atoms with Gasteiger partial charge < -0.3 is 10.2 Å². The van der Waals surface area contributed by atoms with E-state index in [0.717, 1.165) is 38.5 Å². The number of aliphatic hydroxyl groups excluding tert-OH is 1. The number of carbonyl (C=O) groups excluding carboxylic acids is 1. The zero-order valence-electron chi connectivity index (χ0n) is 17.6. The van der Waals surface area contributed by atoms with Crippen molar-refractivity contribution in [3.8, 4) is 0 Å². The Bertz CT molecular complexity index is 513. The van der Waals surface area contributed by atoms with Gasteiger partial charge in [-0.1, -0.05) is 65.0 Å². The summed E-state index contributed by atoms with van der Waals surface area (Å²) in [5.74, 6) is -1.17. The van der Waals surface area contributed by atoms with Crippen molar-refractivity contribution in [3.63, 3.8) is 0 Å². The summed E-state index contributed by atoms with van der Waals surface area (Å²) in [5.41, 5.74) is -0.242. The predicted molar refractivity (Wildman–Crippen MR) is 108 cm³/mol. The van der Waals surface area contributed by atoms with Crippen molar-refractivity contribution in [2.45, 2.75) is 97.2 Å². The van der Waals surface area contributed by atoms with Gasteiger partial charge >= 0.3 is 5.97 Å². The predicted octanol–water partition coefficient (Wildman–Crippen LogP) is 4.61. The van der Waals surface area contributed by atoms with Crippen molar-refractivity contribution in [2.24, 2.45) is 17.3 Å². The van der Waals surface area contributed by atoms with Crippen molar-refractivity contribution in [2.75, 3.05) is 0 Å². The fourth-order valence-electron chi connectivity index (χ4n) is 4.03. The quantitative estimate of drug-likeness (QED) is 0.171. The van der Waals surface area contributed by atoms with E-state index in [2.05, 4.69) is 6.92 Å². The Balaban J connectivity index is 2.62. The van der Waals surface area contributed by atoms with Crippen LogP contribution in [-0.4, -0.2) is 39.4 Å². The number of aliphatic hydroxyl groups is 1. The van der Waals surface area contributed by atoms with Crippen LogP contribution in [0.2, 0.25) is 0 Å². The van der Waals surface area contributed by atoms with E-state index in [4.69, 9.17) is 9.99 Å². The van der Waals surface area contributed by atoms with E-state index in [-0.39, 0.29) is 35.9 Å². The molecule has 162 valence electrons. The number of carbonyl (C=O) groups is 2. The van der Waals surface area contributed by atoms with Gasteiger partial charge in [-0.25, -0.2) is 4.89 Å². The molecule has 3 N–H and O–H groups in total. The molecule has 0 saturated heterocycles. The highest BCUT2D eigenvalue weighted by Crippen LogP contribution is 2.36. The monoisotopic (exact) mass is 398 g/mol. The van der Waals surface area contributed by atoms with Crippen LogP contribution in [0.5, 0.6) is 0 Å².